The number of hydrogen-bond donors (Lipinski definition) is 3. The number of hydrogen-bond acceptors (Lipinski definition) is 3. The Morgan fingerprint density at radius 1 is 1.00 bits per heavy atom. The van der Waals surface area contributed by atoms with Crippen LogP contribution in [0.4, 0.5) is 0 Å². The number of unbranched alkanes of at least 4 members (excludes halogenated alkanes) is 3. The highest BCUT2D eigenvalue weighted by atomic mass is 16.3. The molecule has 0 rings (SSSR count). The van der Waals surface area contributed by atoms with Gasteiger partial charge in [-0.25, -0.2) is 0 Å². The van der Waals surface area contributed by atoms with E-state index < -0.39 is 0 Å². The summed E-state index contributed by atoms with van der Waals surface area (Å²) in [5.74, 6) is 0. The van der Waals surface area contributed by atoms with E-state index in [2.05, 4.69) is 5.32 Å². The normalized spacial score (nSPS) is 12.0. The van der Waals surface area contributed by atoms with E-state index in [0.717, 1.165) is 32.4 Å². The van der Waals surface area contributed by atoms with E-state index in [1.807, 2.05) is 13.8 Å². The smallest absolute Gasteiger partial charge is 0.0494 e. The van der Waals surface area contributed by atoms with Crippen LogP contribution in [0.25, 0.3) is 0 Å². The number of nitrogens with one attached hydrogen (secondary N) is 1. The molecule has 0 atom stereocenters. The number of rotatable bonds is 9. The van der Waals surface area contributed by atoms with E-state index in [1.165, 1.54) is 6.42 Å². The highest BCUT2D eigenvalue weighted by Gasteiger charge is 2.14. The predicted octanol–water partition coefficient (Wildman–Crippen LogP) is 1.15. The zero-order chi connectivity index (χ0) is 10.9. The minimum absolute atomic E-state index is 0.00883. The van der Waals surface area contributed by atoms with Crippen LogP contribution in [0.2, 0.25) is 0 Å². The van der Waals surface area contributed by atoms with Crippen LogP contribution in [0.1, 0.15) is 39.5 Å². The summed E-state index contributed by atoms with van der Waals surface area (Å²) in [5.41, 5.74) is -0.00883. The molecule has 14 heavy (non-hydrogen) atoms. The minimum Gasteiger partial charge on any atom is -0.396 e. The fourth-order valence-electron chi connectivity index (χ4n) is 1.20. The summed E-state index contributed by atoms with van der Waals surface area (Å²) in [7, 11) is 0. The molecule has 3 heteroatoms. The van der Waals surface area contributed by atoms with E-state index >= 15 is 0 Å². The maximum atomic E-state index is 9.00. The van der Waals surface area contributed by atoms with Crippen LogP contribution in [0.5, 0.6) is 0 Å². The number of aliphatic hydroxyl groups is 2. The summed E-state index contributed by atoms with van der Waals surface area (Å²) in [6.45, 7) is 6.51. The molecular formula is C11H25NO2. The third-order valence-electron chi connectivity index (χ3n) is 2.29. The Morgan fingerprint density at radius 3 is 2.21 bits per heavy atom. The second-order valence-corrected chi connectivity index (χ2v) is 4.64. The fraction of sp³-hybridized carbons (Fsp3) is 1.00. The first-order valence-corrected chi connectivity index (χ1v) is 5.55. The molecule has 3 N–H and O–H groups in total. The van der Waals surface area contributed by atoms with Crippen molar-refractivity contribution >= 4 is 0 Å². The van der Waals surface area contributed by atoms with Crippen molar-refractivity contribution in [3.8, 4) is 0 Å². The van der Waals surface area contributed by atoms with Crippen LogP contribution in [0.3, 0.4) is 0 Å². The lowest BCUT2D eigenvalue weighted by Gasteiger charge is -2.21. The zero-order valence-electron chi connectivity index (χ0n) is 9.55. The molecule has 0 radical (unpaired) electrons. The second kappa shape index (κ2) is 8.21. The molecule has 0 aromatic rings. The summed E-state index contributed by atoms with van der Waals surface area (Å²) < 4.78 is 0. The van der Waals surface area contributed by atoms with Crippen LogP contribution < -0.4 is 5.32 Å². The van der Waals surface area contributed by atoms with Gasteiger partial charge in [0.25, 0.3) is 0 Å². The van der Waals surface area contributed by atoms with Gasteiger partial charge in [-0.05, 0) is 19.4 Å². The van der Waals surface area contributed by atoms with Gasteiger partial charge < -0.3 is 15.5 Å². The van der Waals surface area contributed by atoms with Crippen molar-refractivity contribution in [3.05, 3.63) is 0 Å². The maximum absolute atomic E-state index is 9.00. The highest BCUT2D eigenvalue weighted by molar-refractivity contribution is 4.69. The molecule has 3 nitrogen and oxygen atoms in total. The van der Waals surface area contributed by atoms with Gasteiger partial charge in [0.05, 0.1) is 0 Å². The molecule has 0 unspecified atom stereocenters. The molecular weight excluding hydrogens is 178 g/mol. The fourth-order valence-corrected chi connectivity index (χ4v) is 1.20. The molecule has 86 valence electrons. The van der Waals surface area contributed by atoms with Crippen LogP contribution in [-0.2, 0) is 0 Å². The third-order valence-corrected chi connectivity index (χ3v) is 2.29. The molecule has 0 spiro atoms. The molecule has 0 aliphatic rings. The molecule has 0 fully saturated rings. The molecule has 0 bridgehead atoms. The minimum atomic E-state index is -0.00883. The lowest BCUT2D eigenvalue weighted by Crippen LogP contribution is -2.32. The monoisotopic (exact) mass is 203 g/mol. The van der Waals surface area contributed by atoms with E-state index in [1.54, 1.807) is 0 Å². The van der Waals surface area contributed by atoms with E-state index in [-0.39, 0.29) is 12.0 Å². The maximum Gasteiger partial charge on any atom is 0.0494 e. The first-order chi connectivity index (χ1) is 6.62. The molecule has 0 heterocycles. The Kier molecular flexibility index (Phi) is 8.14. The van der Waals surface area contributed by atoms with Gasteiger partial charge in [0.15, 0.2) is 0 Å². The second-order valence-electron chi connectivity index (χ2n) is 4.64. The quantitative estimate of drug-likeness (QED) is 0.493. The predicted molar refractivity (Wildman–Crippen MR) is 59.3 cm³/mol. The van der Waals surface area contributed by atoms with Gasteiger partial charge in [-0.1, -0.05) is 26.7 Å². The van der Waals surface area contributed by atoms with Gasteiger partial charge in [-0.3, -0.25) is 0 Å². The van der Waals surface area contributed by atoms with Gasteiger partial charge in [-0.2, -0.15) is 0 Å². The Balaban J connectivity index is 3.13. The van der Waals surface area contributed by atoms with Crippen LogP contribution >= 0.6 is 0 Å². The molecule has 0 amide bonds. The molecule has 0 aromatic heterocycles. The lowest BCUT2D eigenvalue weighted by atomic mass is 9.95. The summed E-state index contributed by atoms with van der Waals surface area (Å²) in [6.07, 6.45) is 4.36. The van der Waals surface area contributed by atoms with E-state index in [4.69, 9.17) is 10.2 Å². The van der Waals surface area contributed by atoms with E-state index in [0.29, 0.717) is 6.61 Å². The van der Waals surface area contributed by atoms with Crippen LogP contribution in [0.15, 0.2) is 0 Å². The molecule has 0 saturated heterocycles. The van der Waals surface area contributed by atoms with Crippen LogP contribution in [-0.4, -0.2) is 36.5 Å². The highest BCUT2D eigenvalue weighted by Crippen LogP contribution is 2.11. The average Bonchev–Trinajstić information content (AvgIpc) is 2.16. The molecule has 0 saturated carbocycles. The Morgan fingerprint density at radius 2 is 1.64 bits per heavy atom. The SMILES string of the molecule is CC(C)(CO)CNCCCCCCO. The Hall–Kier alpha value is -0.120. The summed E-state index contributed by atoms with van der Waals surface area (Å²) >= 11 is 0. The standard InChI is InChI=1S/C11H25NO2/c1-11(2,10-14)9-12-7-5-3-4-6-8-13/h12-14H,3-10H2,1-2H3. The number of aliphatic hydroxyl groups excluding tert-OH is 2. The van der Waals surface area contributed by atoms with Gasteiger partial charge >= 0.3 is 0 Å². The van der Waals surface area contributed by atoms with Gasteiger partial charge in [-0.15, -0.1) is 0 Å². The van der Waals surface area contributed by atoms with Crippen molar-refractivity contribution in [3.63, 3.8) is 0 Å². The topological polar surface area (TPSA) is 52.5 Å². The Bertz CT molecular complexity index is 126. The molecule has 0 aliphatic carbocycles. The zero-order valence-corrected chi connectivity index (χ0v) is 9.55. The lowest BCUT2D eigenvalue weighted by molar-refractivity contribution is 0.157. The first kappa shape index (κ1) is 13.9. The van der Waals surface area contributed by atoms with Crippen molar-refractivity contribution in [2.75, 3.05) is 26.3 Å². The van der Waals surface area contributed by atoms with Gasteiger partial charge in [0.2, 0.25) is 0 Å². The van der Waals surface area contributed by atoms with Gasteiger partial charge in [0.1, 0.15) is 0 Å². The van der Waals surface area contributed by atoms with E-state index in [9.17, 15) is 0 Å². The molecule has 0 aliphatic heterocycles. The summed E-state index contributed by atoms with van der Waals surface area (Å²) in [6, 6.07) is 0. The van der Waals surface area contributed by atoms with Crippen molar-refractivity contribution in [2.24, 2.45) is 5.41 Å². The summed E-state index contributed by atoms with van der Waals surface area (Å²) in [5, 5.41) is 20.9. The van der Waals surface area contributed by atoms with Crippen LogP contribution in [0, 0.1) is 5.41 Å². The van der Waals surface area contributed by atoms with Crippen molar-refractivity contribution in [1.29, 1.82) is 0 Å². The van der Waals surface area contributed by atoms with Crippen molar-refractivity contribution in [1.82, 2.24) is 5.32 Å². The first-order valence-electron chi connectivity index (χ1n) is 5.55. The largest absolute Gasteiger partial charge is 0.396 e. The Labute approximate surface area is 87.5 Å². The molecule has 0 aromatic carbocycles. The average molecular weight is 203 g/mol. The van der Waals surface area contributed by atoms with Gasteiger partial charge in [0, 0.05) is 25.2 Å². The van der Waals surface area contributed by atoms with Crippen molar-refractivity contribution in [2.45, 2.75) is 39.5 Å². The van der Waals surface area contributed by atoms with Crippen molar-refractivity contribution < 1.29 is 10.2 Å². The third kappa shape index (κ3) is 8.48. The summed E-state index contributed by atoms with van der Waals surface area (Å²) in [4.78, 5) is 0.